The first-order chi connectivity index (χ1) is 12.9. The largest absolute Gasteiger partial charge is 0.492 e. The molecule has 0 aliphatic carbocycles. The first-order valence-electron chi connectivity index (χ1n) is 8.62. The van der Waals surface area contributed by atoms with Crippen molar-refractivity contribution < 1.29 is 9.53 Å². The van der Waals surface area contributed by atoms with Crippen LogP contribution < -0.4 is 15.4 Å². The summed E-state index contributed by atoms with van der Waals surface area (Å²) in [5.41, 5.74) is 1.81. The van der Waals surface area contributed by atoms with Crippen LogP contribution in [0.15, 0.2) is 41.5 Å². The first-order valence-corrected chi connectivity index (χ1v) is 9.00. The van der Waals surface area contributed by atoms with Crippen LogP contribution in [0.5, 0.6) is 5.75 Å². The predicted octanol–water partition coefficient (Wildman–Crippen LogP) is 3.34. The van der Waals surface area contributed by atoms with Crippen molar-refractivity contribution in [2.24, 2.45) is 12.0 Å². The lowest BCUT2D eigenvalue weighted by atomic mass is 10.3. The van der Waals surface area contributed by atoms with Gasteiger partial charge in [-0.15, -0.1) is 24.0 Å². The number of hydrogen-bond acceptors (Lipinski definition) is 3. The number of nitrogens with zero attached hydrogens (tertiary/aromatic N) is 3. The lowest BCUT2D eigenvalue weighted by molar-refractivity contribution is -0.114. The van der Waals surface area contributed by atoms with E-state index in [2.05, 4.69) is 15.6 Å². The van der Waals surface area contributed by atoms with Gasteiger partial charge in [-0.3, -0.25) is 9.79 Å². The second kappa shape index (κ2) is 11.8. The standard InChI is InChI=1S/C19H26ClN5O2.HI/c1-14(26)23-16-6-5-7-18(11-16)27-9-8-22-19(21-2)25(4)13-17-10-15(20)12-24(17)3;/h5-7,10-12H,8-9,13H2,1-4H3,(H,21,22)(H,23,26);1H. The van der Waals surface area contributed by atoms with E-state index in [4.69, 9.17) is 16.3 Å². The van der Waals surface area contributed by atoms with Gasteiger partial charge in [0.1, 0.15) is 12.4 Å². The van der Waals surface area contributed by atoms with Crippen molar-refractivity contribution in [1.82, 2.24) is 14.8 Å². The van der Waals surface area contributed by atoms with Gasteiger partial charge < -0.3 is 24.8 Å². The highest BCUT2D eigenvalue weighted by atomic mass is 127. The van der Waals surface area contributed by atoms with Crippen LogP contribution in [-0.4, -0.2) is 48.6 Å². The molecule has 1 heterocycles. The monoisotopic (exact) mass is 519 g/mol. The fraction of sp³-hybridized carbons (Fsp3) is 0.368. The number of aryl methyl sites for hydroxylation is 1. The number of rotatable bonds is 7. The third-order valence-corrected chi connectivity index (χ3v) is 4.06. The molecule has 0 bridgehead atoms. The summed E-state index contributed by atoms with van der Waals surface area (Å²) in [6.45, 7) is 3.22. The molecule has 28 heavy (non-hydrogen) atoms. The Morgan fingerprint density at radius 2 is 2.11 bits per heavy atom. The van der Waals surface area contributed by atoms with Gasteiger partial charge in [0.25, 0.3) is 0 Å². The third-order valence-electron chi connectivity index (χ3n) is 3.86. The highest BCUT2D eigenvalue weighted by Gasteiger charge is 2.09. The Bertz CT molecular complexity index is 809. The second-order valence-electron chi connectivity index (χ2n) is 6.15. The number of anilines is 1. The Morgan fingerprint density at radius 3 is 2.71 bits per heavy atom. The van der Waals surface area contributed by atoms with Gasteiger partial charge in [-0.1, -0.05) is 17.7 Å². The molecule has 2 N–H and O–H groups in total. The topological polar surface area (TPSA) is 70.9 Å². The highest BCUT2D eigenvalue weighted by Crippen LogP contribution is 2.17. The van der Waals surface area contributed by atoms with Gasteiger partial charge in [0, 0.05) is 51.7 Å². The number of amides is 1. The van der Waals surface area contributed by atoms with Gasteiger partial charge in [0.05, 0.1) is 18.1 Å². The molecule has 0 saturated heterocycles. The van der Waals surface area contributed by atoms with Crippen LogP contribution in [-0.2, 0) is 18.4 Å². The van der Waals surface area contributed by atoms with E-state index >= 15 is 0 Å². The SMILES string of the molecule is CN=C(NCCOc1cccc(NC(C)=O)c1)N(C)Cc1cc(Cl)cn1C.I. The Morgan fingerprint density at radius 1 is 1.36 bits per heavy atom. The molecule has 1 amide bonds. The molecule has 0 spiro atoms. The van der Waals surface area contributed by atoms with Crippen LogP contribution in [0.25, 0.3) is 0 Å². The maximum absolute atomic E-state index is 11.1. The van der Waals surface area contributed by atoms with Crippen LogP contribution in [0.3, 0.4) is 0 Å². The number of carbonyl (C=O) groups excluding carboxylic acids is 1. The van der Waals surface area contributed by atoms with E-state index in [1.54, 1.807) is 13.1 Å². The molecule has 2 rings (SSSR count). The minimum atomic E-state index is -0.111. The summed E-state index contributed by atoms with van der Waals surface area (Å²) in [4.78, 5) is 17.4. The van der Waals surface area contributed by atoms with Crippen molar-refractivity contribution in [3.8, 4) is 5.75 Å². The smallest absolute Gasteiger partial charge is 0.221 e. The Kier molecular flexibility index (Phi) is 10.2. The highest BCUT2D eigenvalue weighted by molar-refractivity contribution is 14.0. The van der Waals surface area contributed by atoms with Crippen LogP contribution in [0.4, 0.5) is 5.69 Å². The van der Waals surface area contributed by atoms with E-state index < -0.39 is 0 Å². The van der Waals surface area contributed by atoms with E-state index in [0.29, 0.717) is 31.1 Å². The summed E-state index contributed by atoms with van der Waals surface area (Å²) in [6, 6.07) is 9.24. The molecule has 0 aliphatic rings. The van der Waals surface area contributed by atoms with E-state index in [9.17, 15) is 4.79 Å². The molecule has 154 valence electrons. The zero-order valence-electron chi connectivity index (χ0n) is 16.5. The number of guanidine groups is 1. The van der Waals surface area contributed by atoms with Crippen LogP contribution in [0, 0.1) is 0 Å². The zero-order chi connectivity index (χ0) is 19.8. The average Bonchev–Trinajstić information content (AvgIpc) is 2.91. The number of hydrogen-bond donors (Lipinski definition) is 2. The molecular formula is C19H27ClIN5O2. The Hall–Kier alpha value is -1.94. The minimum Gasteiger partial charge on any atom is -0.492 e. The number of carbonyl (C=O) groups is 1. The van der Waals surface area contributed by atoms with Gasteiger partial charge in [-0.2, -0.15) is 0 Å². The number of aliphatic imine (C=N–C) groups is 1. The van der Waals surface area contributed by atoms with Crippen LogP contribution in [0.2, 0.25) is 5.02 Å². The van der Waals surface area contributed by atoms with E-state index in [1.165, 1.54) is 6.92 Å². The molecule has 0 aliphatic heterocycles. The minimum absolute atomic E-state index is 0. The maximum Gasteiger partial charge on any atom is 0.221 e. The number of ether oxygens (including phenoxy) is 1. The van der Waals surface area contributed by atoms with Crippen molar-refractivity contribution in [1.29, 1.82) is 0 Å². The summed E-state index contributed by atoms with van der Waals surface area (Å²) in [6.07, 6.45) is 1.88. The van der Waals surface area contributed by atoms with E-state index in [0.717, 1.165) is 16.7 Å². The van der Waals surface area contributed by atoms with Gasteiger partial charge in [0.15, 0.2) is 5.96 Å². The number of halogens is 2. The van der Waals surface area contributed by atoms with E-state index in [-0.39, 0.29) is 29.9 Å². The molecule has 0 radical (unpaired) electrons. The Balaban J connectivity index is 0.00000392. The molecule has 7 nitrogen and oxygen atoms in total. The summed E-state index contributed by atoms with van der Waals surface area (Å²) < 4.78 is 7.73. The molecule has 0 saturated carbocycles. The fourth-order valence-corrected chi connectivity index (χ4v) is 2.90. The normalized spacial score (nSPS) is 10.8. The Labute approximate surface area is 188 Å². The lowest BCUT2D eigenvalue weighted by Crippen LogP contribution is -2.40. The number of nitrogens with one attached hydrogen (secondary N) is 2. The molecule has 1 aromatic heterocycles. The summed E-state index contributed by atoms with van der Waals surface area (Å²) in [5, 5.41) is 6.73. The summed E-state index contributed by atoms with van der Waals surface area (Å²) in [7, 11) is 5.68. The van der Waals surface area contributed by atoms with E-state index in [1.807, 2.05) is 54.0 Å². The van der Waals surface area contributed by atoms with Crippen LogP contribution >= 0.6 is 35.6 Å². The van der Waals surface area contributed by atoms with Gasteiger partial charge >= 0.3 is 0 Å². The third kappa shape index (κ3) is 7.59. The molecule has 9 heteroatoms. The maximum atomic E-state index is 11.1. The molecule has 0 atom stereocenters. The van der Waals surface area contributed by atoms with Gasteiger partial charge in [-0.25, -0.2) is 0 Å². The number of aromatic nitrogens is 1. The molecule has 0 fully saturated rings. The average molecular weight is 520 g/mol. The van der Waals surface area contributed by atoms with Crippen molar-refractivity contribution in [2.45, 2.75) is 13.5 Å². The van der Waals surface area contributed by atoms with Crippen molar-refractivity contribution in [3.63, 3.8) is 0 Å². The van der Waals surface area contributed by atoms with Crippen molar-refractivity contribution >= 4 is 53.1 Å². The van der Waals surface area contributed by atoms with Gasteiger partial charge in [0.2, 0.25) is 5.91 Å². The zero-order valence-corrected chi connectivity index (χ0v) is 19.6. The van der Waals surface area contributed by atoms with Crippen molar-refractivity contribution in [2.75, 3.05) is 32.6 Å². The molecule has 2 aromatic rings. The van der Waals surface area contributed by atoms with Crippen molar-refractivity contribution in [3.05, 3.63) is 47.2 Å². The van der Waals surface area contributed by atoms with Crippen LogP contribution in [0.1, 0.15) is 12.6 Å². The second-order valence-corrected chi connectivity index (χ2v) is 6.58. The van der Waals surface area contributed by atoms with Gasteiger partial charge in [-0.05, 0) is 18.2 Å². The quantitative estimate of drug-likeness (QED) is 0.255. The number of benzene rings is 1. The summed E-state index contributed by atoms with van der Waals surface area (Å²) >= 11 is 6.04. The molecule has 1 aromatic carbocycles. The fourth-order valence-electron chi connectivity index (χ4n) is 2.62. The first kappa shape index (κ1) is 24.1. The summed E-state index contributed by atoms with van der Waals surface area (Å²) in [5.74, 6) is 1.35. The molecule has 0 unspecified atom stereocenters. The lowest BCUT2D eigenvalue weighted by Gasteiger charge is -2.22. The molecular weight excluding hydrogens is 493 g/mol. The predicted molar refractivity (Wildman–Crippen MR) is 125 cm³/mol.